The highest BCUT2D eigenvalue weighted by atomic mass is 32.2. The number of benzene rings is 2. The van der Waals surface area contributed by atoms with E-state index in [4.69, 9.17) is 14.7 Å². The fraction of sp³-hybridized carbons (Fsp3) is 0.211. The van der Waals surface area contributed by atoms with E-state index >= 15 is 0 Å². The molecule has 0 fully saturated rings. The van der Waals surface area contributed by atoms with E-state index < -0.39 is 22.5 Å². The number of hydrazone groups is 1. The largest absolute Gasteiger partial charge is 0.495 e. The number of nitrogens with zero attached hydrogens (tertiary/aromatic N) is 3. The third kappa shape index (κ3) is 6.51. The molecule has 0 aliphatic heterocycles. The Morgan fingerprint density at radius 2 is 1.93 bits per heavy atom. The number of nitriles is 1. The highest BCUT2D eigenvalue weighted by Gasteiger charge is 2.23. The molecule has 10 heteroatoms. The van der Waals surface area contributed by atoms with Crippen LogP contribution in [0.1, 0.15) is 5.56 Å². The molecule has 29 heavy (non-hydrogen) atoms. The summed E-state index contributed by atoms with van der Waals surface area (Å²) < 4.78 is 35.6. The topological polar surface area (TPSA) is 121 Å². The number of amides is 1. The summed E-state index contributed by atoms with van der Waals surface area (Å²) in [6.07, 6.45) is 2.41. The highest BCUT2D eigenvalue weighted by molar-refractivity contribution is 7.92. The number of carbonyl (C=O) groups excluding carboxylic acids is 1. The van der Waals surface area contributed by atoms with Crippen molar-refractivity contribution in [1.82, 2.24) is 5.43 Å². The van der Waals surface area contributed by atoms with Gasteiger partial charge in [-0.15, -0.1) is 0 Å². The first-order chi connectivity index (χ1) is 13.8. The van der Waals surface area contributed by atoms with Crippen LogP contribution in [0.5, 0.6) is 11.5 Å². The number of para-hydroxylation sites is 2. The molecule has 0 spiro atoms. The SMILES string of the molecule is COc1ccccc1N(CC(=O)N/N=C\c1ccc(OCC#N)cc1)S(C)(=O)=O. The minimum atomic E-state index is -3.73. The second kappa shape index (κ2) is 10.1. The lowest BCUT2D eigenvalue weighted by atomic mass is 10.2. The zero-order valence-corrected chi connectivity index (χ0v) is 16.7. The number of sulfonamides is 1. The van der Waals surface area contributed by atoms with Gasteiger partial charge in [-0.25, -0.2) is 13.8 Å². The van der Waals surface area contributed by atoms with E-state index in [0.717, 1.165) is 10.6 Å². The van der Waals surface area contributed by atoms with Gasteiger partial charge in [-0.2, -0.15) is 10.4 Å². The van der Waals surface area contributed by atoms with Gasteiger partial charge in [0.1, 0.15) is 24.1 Å². The van der Waals surface area contributed by atoms with Crippen molar-refractivity contribution in [2.75, 3.05) is 30.8 Å². The Kier molecular flexibility index (Phi) is 7.56. The fourth-order valence-corrected chi connectivity index (χ4v) is 3.19. The zero-order chi connectivity index (χ0) is 21.3. The van der Waals surface area contributed by atoms with Crippen LogP contribution < -0.4 is 19.2 Å². The molecule has 2 rings (SSSR count). The predicted molar refractivity (Wildman–Crippen MR) is 108 cm³/mol. The van der Waals surface area contributed by atoms with E-state index in [1.54, 1.807) is 48.5 Å². The monoisotopic (exact) mass is 416 g/mol. The number of hydrogen-bond acceptors (Lipinski definition) is 7. The molecule has 0 saturated carbocycles. The molecule has 152 valence electrons. The molecule has 0 aliphatic carbocycles. The fourth-order valence-electron chi connectivity index (χ4n) is 2.33. The quantitative estimate of drug-likeness (QED) is 0.489. The Balaban J connectivity index is 2.04. The summed E-state index contributed by atoms with van der Waals surface area (Å²) >= 11 is 0. The van der Waals surface area contributed by atoms with Crippen molar-refractivity contribution in [2.45, 2.75) is 0 Å². The molecule has 0 atom stereocenters. The van der Waals surface area contributed by atoms with Gasteiger partial charge in [-0.1, -0.05) is 12.1 Å². The predicted octanol–water partition coefficient (Wildman–Crippen LogP) is 1.51. The Hall–Kier alpha value is -3.58. The maximum Gasteiger partial charge on any atom is 0.260 e. The molecule has 2 aromatic rings. The molecular formula is C19H20N4O5S. The van der Waals surface area contributed by atoms with Crippen molar-refractivity contribution in [3.05, 3.63) is 54.1 Å². The smallest absolute Gasteiger partial charge is 0.260 e. The van der Waals surface area contributed by atoms with Crippen LogP contribution in [0.2, 0.25) is 0 Å². The van der Waals surface area contributed by atoms with Gasteiger partial charge in [0.05, 0.1) is 25.3 Å². The number of nitrogens with one attached hydrogen (secondary N) is 1. The highest BCUT2D eigenvalue weighted by Crippen LogP contribution is 2.29. The number of anilines is 1. The number of hydrogen-bond donors (Lipinski definition) is 1. The first-order valence-electron chi connectivity index (χ1n) is 8.37. The molecule has 0 aromatic heterocycles. The summed E-state index contributed by atoms with van der Waals surface area (Å²) in [5, 5.41) is 12.3. The minimum absolute atomic E-state index is 0.0491. The van der Waals surface area contributed by atoms with Crippen molar-refractivity contribution in [1.29, 1.82) is 5.26 Å². The average Bonchev–Trinajstić information content (AvgIpc) is 2.70. The Morgan fingerprint density at radius 3 is 2.55 bits per heavy atom. The third-order valence-corrected chi connectivity index (χ3v) is 4.75. The van der Waals surface area contributed by atoms with Crippen LogP contribution in [0, 0.1) is 11.3 Å². The summed E-state index contributed by atoms with van der Waals surface area (Å²) in [6, 6.07) is 15.1. The van der Waals surface area contributed by atoms with Gasteiger partial charge in [0.2, 0.25) is 10.0 Å². The van der Waals surface area contributed by atoms with Gasteiger partial charge in [0.15, 0.2) is 6.61 Å². The Bertz CT molecular complexity index is 1010. The van der Waals surface area contributed by atoms with Crippen LogP contribution in [0.4, 0.5) is 5.69 Å². The van der Waals surface area contributed by atoms with Crippen molar-refractivity contribution < 1.29 is 22.7 Å². The van der Waals surface area contributed by atoms with Gasteiger partial charge in [0.25, 0.3) is 5.91 Å². The minimum Gasteiger partial charge on any atom is -0.495 e. The normalized spacial score (nSPS) is 10.9. The van der Waals surface area contributed by atoms with E-state index in [1.165, 1.54) is 13.3 Å². The summed E-state index contributed by atoms with van der Waals surface area (Å²) in [6.45, 7) is -0.510. The first-order valence-corrected chi connectivity index (χ1v) is 10.2. The Morgan fingerprint density at radius 1 is 1.24 bits per heavy atom. The van der Waals surface area contributed by atoms with Crippen LogP contribution in [0.25, 0.3) is 0 Å². The molecular weight excluding hydrogens is 396 g/mol. The van der Waals surface area contributed by atoms with E-state index in [9.17, 15) is 13.2 Å². The van der Waals surface area contributed by atoms with E-state index in [-0.39, 0.29) is 12.3 Å². The summed E-state index contributed by atoms with van der Waals surface area (Å²) in [7, 11) is -2.31. The summed E-state index contributed by atoms with van der Waals surface area (Å²) in [5.74, 6) is 0.243. The van der Waals surface area contributed by atoms with Gasteiger partial charge < -0.3 is 9.47 Å². The molecule has 1 N–H and O–H groups in total. The van der Waals surface area contributed by atoms with Crippen molar-refractivity contribution >= 4 is 27.8 Å². The number of rotatable bonds is 9. The zero-order valence-electron chi connectivity index (χ0n) is 15.9. The maximum atomic E-state index is 12.2. The summed E-state index contributed by atoms with van der Waals surface area (Å²) in [5.41, 5.74) is 3.23. The first kappa shape index (κ1) is 21.7. The number of ether oxygens (including phenoxy) is 2. The number of methoxy groups -OCH3 is 1. The standard InChI is InChI=1S/C19H20N4O5S/c1-27-18-6-4-3-5-17(18)23(29(2,25)26)14-19(24)22-21-13-15-7-9-16(10-8-15)28-12-11-20/h3-10,13H,12,14H2,1-2H3,(H,22,24)/b21-13-. The van der Waals surface area contributed by atoms with Crippen molar-refractivity contribution in [3.8, 4) is 17.6 Å². The second-order valence-corrected chi connectivity index (χ2v) is 7.66. The molecule has 0 unspecified atom stereocenters. The van der Waals surface area contributed by atoms with Crippen LogP contribution in [-0.2, 0) is 14.8 Å². The molecule has 0 heterocycles. The molecule has 0 saturated heterocycles. The maximum absolute atomic E-state index is 12.2. The van der Waals surface area contributed by atoms with Gasteiger partial charge in [0, 0.05) is 0 Å². The lowest BCUT2D eigenvalue weighted by Crippen LogP contribution is -2.39. The lowest BCUT2D eigenvalue weighted by Gasteiger charge is -2.23. The van der Waals surface area contributed by atoms with Crippen LogP contribution in [0.15, 0.2) is 53.6 Å². The molecule has 9 nitrogen and oxygen atoms in total. The average molecular weight is 416 g/mol. The van der Waals surface area contributed by atoms with Crippen LogP contribution in [0.3, 0.4) is 0 Å². The lowest BCUT2D eigenvalue weighted by molar-refractivity contribution is -0.119. The molecule has 1 amide bonds. The van der Waals surface area contributed by atoms with Gasteiger partial charge in [-0.05, 0) is 42.0 Å². The second-order valence-electron chi connectivity index (χ2n) is 5.75. The molecule has 0 bridgehead atoms. The van der Waals surface area contributed by atoms with E-state index in [1.807, 2.05) is 6.07 Å². The molecule has 0 aliphatic rings. The third-order valence-electron chi connectivity index (χ3n) is 3.63. The van der Waals surface area contributed by atoms with Crippen molar-refractivity contribution in [2.24, 2.45) is 5.10 Å². The van der Waals surface area contributed by atoms with Crippen LogP contribution in [-0.4, -0.2) is 47.1 Å². The van der Waals surface area contributed by atoms with Crippen LogP contribution >= 0.6 is 0 Å². The van der Waals surface area contributed by atoms with Gasteiger partial charge in [-0.3, -0.25) is 9.10 Å². The molecule has 0 radical (unpaired) electrons. The Labute approximate surface area is 169 Å². The van der Waals surface area contributed by atoms with Gasteiger partial charge >= 0.3 is 0 Å². The summed E-state index contributed by atoms with van der Waals surface area (Å²) in [4.78, 5) is 12.2. The van der Waals surface area contributed by atoms with E-state index in [0.29, 0.717) is 17.1 Å². The number of carbonyl (C=O) groups is 1. The van der Waals surface area contributed by atoms with E-state index in [2.05, 4.69) is 10.5 Å². The van der Waals surface area contributed by atoms with Crippen molar-refractivity contribution in [3.63, 3.8) is 0 Å². The molecule has 2 aromatic carbocycles.